The summed E-state index contributed by atoms with van der Waals surface area (Å²) in [7, 11) is 0. The second-order valence-corrected chi connectivity index (χ2v) is 6.53. The first-order valence-electron chi connectivity index (χ1n) is 8.57. The smallest absolute Gasteiger partial charge is 0.418 e. The van der Waals surface area contributed by atoms with Gasteiger partial charge in [0.05, 0.1) is 17.9 Å². The third-order valence-corrected chi connectivity index (χ3v) is 4.04. The van der Waals surface area contributed by atoms with Crippen LogP contribution in [0.4, 0.5) is 24.5 Å². The van der Waals surface area contributed by atoms with Crippen molar-refractivity contribution >= 4 is 23.2 Å². The molecule has 0 aliphatic carbocycles. The highest BCUT2D eigenvalue weighted by Crippen LogP contribution is 2.35. The van der Waals surface area contributed by atoms with Crippen LogP contribution in [-0.4, -0.2) is 18.4 Å². The van der Waals surface area contributed by atoms with E-state index >= 15 is 0 Å². The molecule has 2 aromatic rings. The van der Waals surface area contributed by atoms with Gasteiger partial charge in [0.1, 0.15) is 11.2 Å². The maximum Gasteiger partial charge on any atom is 0.418 e. The van der Waals surface area contributed by atoms with E-state index in [1.165, 1.54) is 26.0 Å². The summed E-state index contributed by atoms with van der Waals surface area (Å²) in [4.78, 5) is 25.1. The molecule has 150 valence electrons. The highest BCUT2D eigenvalue weighted by molar-refractivity contribution is 6.14. The van der Waals surface area contributed by atoms with Gasteiger partial charge in [-0.15, -0.1) is 0 Å². The molecule has 0 atom stereocenters. The minimum Gasteiger partial charge on any atom is -0.494 e. The van der Waals surface area contributed by atoms with Crippen LogP contribution in [-0.2, 0) is 15.8 Å². The molecule has 2 N–H and O–H groups in total. The quantitative estimate of drug-likeness (QED) is 0.698. The summed E-state index contributed by atoms with van der Waals surface area (Å²) >= 11 is 0. The fourth-order valence-electron chi connectivity index (χ4n) is 2.31. The van der Waals surface area contributed by atoms with Gasteiger partial charge in [0, 0.05) is 5.69 Å². The third-order valence-electron chi connectivity index (χ3n) is 4.04. The van der Waals surface area contributed by atoms with E-state index in [-0.39, 0.29) is 0 Å². The van der Waals surface area contributed by atoms with Crippen molar-refractivity contribution in [3.8, 4) is 5.75 Å². The second kappa shape index (κ2) is 8.33. The van der Waals surface area contributed by atoms with E-state index < -0.39 is 34.7 Å². The fraction of sp³-hybridized carbons (Fsp3) is 0.300. The molecule has 8 heteroatoms. The standard InChI is InChI=1S/C20H21F3N2O3/c1-4-28-14-11-9-13(10-12-14)24-17(26)19(2,3)18(27)25-16-8-6-5-7-15(16)20(21,22)23/h5-12H,4H2,1-3H3,(H,24,26)(H,25,27). The average Bonchev–Trinajstić information content (AvgIpc) is 2.63. The number of ether oxygens (including phenoxy) is 1. The third kappa shape index (κ3) is 5.03. The fourth-order valence-corrected chi connectivity index (χ4v) is 2.31. The molecule has 5 nitrogen and oxygen atoms in total. The van der Waals surface area contributed by atoms with Crippen LogP contribution in [0.1, 0.15) is 26.3 Å². The summed E-state index contributed by atoms with van der Waals surface area (Å²) in [5.41, 5.74) is -2.56. The zero-order chi connectivity index (χ0) is 20.9. The van der Waals surface area contributed by atoms with E-state index in [0.29, 0.717) is 18.0 Å². The molecule has 2 amide bonds. The molecule has 2 aromatic carbocycles. The zero-order valence-corrected chi connectivity index (χ0v) is 15.7. The predicted molar refractivity (Wildman–Crippen MR) is 100 cm³/mol. The Bertz CT molecular complexity index is 847. The summed E-state index contributed by atoms with van der Waals surface area (Å²) < 4.78 is 44.6. The number of rotatable bonds is 6. The molecular weight excluding hydrogens is 373 g/mol. The van der Waals surface area contributed by atoms with Gasteiger partial charge in [0.25, 0.3) is 0 Å². The van der Waals surface area contributed by atoms with Crippen molar-refractivity contribution in [3.05, 3.63) is 54.1 Å². The van der Waals surface area contributed by atoms with Crippen LogP contribution in [0.2, 0.25) is 0 Å². The molecule has 0 heterocycles. The minimum atomic E-state index is -4.63. The number of hydrogen-bond acceptors (Lipinski definition) is 3. The van der Waals surface area contributed by atoms with Crippen LogP contribution >= 0.6 is 0 Å². The van der Waals surface area contributed by atoms with Crippen LogP contribution < -0.4 is 15.4 Å². The average molecular weight is 394 g/mol. The van der Waals surface area contributed by atoms with E-state index in [4.69, 9.17) is 4.74 Å². The van der Waals surface area contributed by atoms with Crippen LogP contribution in [0.3, 0.4) is 0 Å². The van der Waals surface area contributed by atoms with Gasteiger partial charge in [0.2, 0.25) is 11.8 Å². The number of carbonyl (C=O) groups excluding carboxylic acids is 2. The number of anilines is 2. The number of nitrogens with one attached hydrogen (secondary N) is 2. The van der Waals surface area contributed by atoms with Gasteiger partial charge >= 0.3 is 6.18 Å². The van der Waals surface area contributed by atoms with Gasteiger partial charge in [-0.3, -0.25) is 9.59 Å². The molecule has 2 rings (SSSR count). The molecule has 28 heavy (non-hydrogen) atoms. The molecule has 0 bridgehead atoms. The molecule has 0 saturated heterocycles. The number of halogens is 3. The zero-order valence-electron chi connectivity index (χ0n) is 15.7. The maximum absolute atomic E-state index is 13.1. The number of alkyl halides is 3. The largest absolute Gasteiger partial charge is 0.494 e. The molecule has 0 spiro atoms. The van der Waals surface area contributed by atoms with Gasteiger partial charge in [-0.05, 0) is 57.2 Å². The van der Waals surface area contributed by atoms with Gasteiger partial charge < -0.3 is 15.4 Å². The van der Waals surface area contributed by atoms with E-state index in [2.05, 4.69) is 10.6 Å². The molecule has 0 aromatic heterocycles. The van der Waals surface area contributed by atoms with Crippen molar-refractivity contribution in [3.63, 3.8) is 0 Å². The SMILES string of the molecule is CCOc1ccc(NC(=O)C(C)(C)C(=O)Nc2ccccc2C(F)(F)F)cc1. The normalized spacial score (nSPS) is 11.6. The number of hydrogen-bond donors (Lipinski definition) is 2. The molecule has 0 aliphatic heterocycles. The maximum atomic E-state index is 13.1. The van der Waals surface area contributed by atoms with Crippen molar-refractivity contribution < 1.29 is 27.5 Å². The van der Waals surface area contributed by atoms with Gasteiger partial charge in [-0.25, -0.2) is 0 Å². The Morgan fingerprint density at radius 3 is 2.07 bits per heavy atom. The number of para-hydroxylation sites is 1. The summed E-state index contributed by atoms with van der Waals surface area (Å²) in [6.07, 6.45) is -4.63. The van der Waals surface area contributed by atoms with E-state index in [9.17, 15) is 22.8 Å². The minimum absolute atomic E-state index is 0.401. The van der Waals surface area contributed by atoms with Gasteiger partial charge in [0.15, 0.2) is 0 Å². The highest BCUT2D eigenvalue weighted by atomic mass is 19.4. The monoisotopic (exact) mass is 394 g/mol. The first-order valence-corrected chi connectivity index (χ1v) is 8.57. The van der Waals surface area contributed by atoms with Crippen molar-refractivity contribution in [2.75, 3.05) is 17.2 Å². The Hall–Kier alpha value is -3.03. The number of amides is 2. The van der Waals surface area contributed by atoms with Crippen LogP contribution in [0.15, 0.2) is 48.5 Å². The number of benzene rings is 2. The van der Waals surface area contributed by atoms with Gasteiger partial charge in [-0.1, -0.05) is 12.1 Å². The summed E-state index contributed by atoms with van der Waals surface area (Å²) in [5.74, 6) is -0.882. The summed E-state index contributed by atoms with van der Waals surface area (Å²) in [6.45, 7) is 5.01. The van der Waals surface area contributed by atoms with Crippen molar-refractivity contribution in [2.45, 2.75) is 26.9 Å². The van der Waals surface area contributed by atoms with Gasteiger partial charge in [-0.2, -0.15) is 13.2 Å². The van der Waals surface area contributed by atoms with Crippen molar-refractivity contribution in [1.82, 2.24) is 0 Å². The molecule has 0 fully saturated rings. The lowest BCUT2D eigenvalue weighted by Gasteiger charge is -2.24. The molecule has 0 saturated carbocycles. The van der Waals surface area contributed by atoms with E-state index in [1.807, 2.05) is 6.92 Å². The highest BCUT2D eigenvalue weighted by Gasteiger charge is 2.39. The summed E-state index contributed by atoms with van der Waals surface area (Å²) in [5, 5.41) is 4.80. The lowest BCUT2D eigenvalue weighted by atomic mass is 9.90. The molecule has 0 unspecified atom stereocenters. The Morgan fingerprint density at radius 1 is 0.929 bits per heavy atom. The molecule has 0 radical (unpaired) electrons. The van der Waals surface area contributed by atoms with E-state index in [1.54, 1.807) is 24.3 Å². The Kier molecular flexibility index (Phi) is 6.33. The van der Waals surface area contributed by atoms with Crippen molar-refractivity contribution in [2.24, 2.45) is 5.41 Å². The van der Waals surface area contributed by atoms with Crippen LogP contribution in [0.25, 0.3) is 0 Å². The first kappa shape index (κ1) is 21.3. The Labute approximate surface area is 160 Å². The molecule has 0 aliphatic rings. The van der Waals surface area contributed by atoms with Crippen molar-refractivity contribution in [1.29, 1.82) is 0 Å². The molecular formula is C20H21F3N2O3. The Balaban J connectivity index is 2.13. The van der Waals surface area contributed by atoms with Crippen LogP contribution in [0, 0.1) is 5.41 Å². The van der Waals surface area contributed by atoms with E-state index in [0.717, 1.165) is 12.1 Å². The predicted octanol–water partition coefficient (Wildman–Crippen LogP) is 4.71. The number of carbonyl (C=O) groups is 2. The lowest BCUT2D eigenvalue weighted by molar-refractivity contribution is -0.137. The lowest BCUT2D eigenvalue weighted by Crippen LogP contribution is -2.41. The Morgan fingerprint density at radius 2 is 1.50 bits per heavy atom. The summed E-state index contributed by atoms with van der Waals surface area (Å²) in [6, 6.07) is 11.1. The second-order valence-electron chi connectivity index (χ2n) is 6.53. The van der Waals surface area contributed by atoms with Crippen LogP contribution in [0.5, 0.6) is 5.75 Å². The first-order chi connectivity index (χ1) is 13.1. The topological polar surface area (TPSA) is 67.4 Å².